The number of amides is 2. The summed E-state index contributed by atoms with van der Waals surface area (Å²) in [6.07, 6.45) is 1.89. The van der Waals surface area contributed by atoms with Gasteiger partial charge in [-0.25, -0.2) is 0 Å². The molecule has 1 N–H and O–H groups in total. The molecule has 6 heteroatoms. The highest BCUT2D eigenvalue weighted by molar-refractivity contribution is 6.01. The zero-order valence-electron chi connectivity index (χ0n) is 11.2. The Bertz CT molecular complexity index is 383. The monoisotopic (exact) mass is 268 g/mol. The third-order valence-corrected chi connectivity index (χ3v) is 4.27. The molecular weight excluding hydrogens is 248 g/mol. The number of piperidine rings is 1. The second-order valence-electron chi connectivity index (χ2n) is 5.65. The molecule has 0 aliphatic carbocycles. The van der Waals surface area contributed by atoms with Crippen LogP contribution in [0.25, 0.3) is 0 Å². The lowest BCUT2D eigenvalue weighted by Gasteiger charge is -2.36. The summed E-state index contributed by atoms with van der Waals surface area (Å²) in [6.45, 7) is 4.27. The molecule has 106 valence electrons. The first-order valence-electron chi connectivity index (χ1n) is 6.71. The van der Waals surface area contributed by atoms with Crippen LogP contribution in [0.3, 0.4) is 0 Å². The Labute approximate surface area is 112 Å². The molecule has 2 saturated heterocycles. The van der Waals surface area contributed by atoms with Crippen LogP contribution in [0.1, 0.15) is 32.6 Å². The lowest BCUT2D eigenvalue weighted by atomic mass is 9.80. The molecule has 6 nitrogen and oxygen atoms in total. The highest BCUT2D eigenvalue weighted by Crippen LogP contribution is 2.30. The van der Waals surface area contributed by atoms with Gasteiger partial charge in [-0.1, -0.05) is 0 Å². The maximum atomic E-state index is 11.5. The molecule has 0 unspecified atom stereocenters. The topological polar surface area (TPSA) is 77.9 Å². The van der Waals surface area contributed by atoms with Crippen LogP contribution >= 0.6 is 0 Å². The molecule has 2 aliphatic rings. The minimum atomic E-state index is -0.739. The van der Waals surface area contributed by atoms with Crippen LogP contribution in [0.15, 0.2) is 0 Å². The van der Waals surface area contributed by atoms with E-state index in [0.717, 1.165) is 0 Å². The number of carboxylic acids is 1. The molecule has 0 aromatic carbocycles. The van der Waals surface area contributed by atoms with Crippen molar-refractivity contribution in [3.8, 4) is 0 Å². The summed E-state index contributed by atoms with van der Waals surface area (Å²) < 4.78 is 0. The zero-order valence-corrected chi connectivity index (χ0v) is 11.2. The van der Waals surface area contributed by atoms with Gasteiger partial charge >= 0.3 is 5.97 Å². The van der Waals surface area contributed by atoms with Crippen molar-refractivity contribution in [2.24, 2.45) is 5.41 Å². The van der Waals surface area contributed by atoms with Gasteiger partial charge in [-0.05, 0) is 32.9 Å². The normalized spacial score (nSPS) is 23.9. The van der Waals surface area contributed by atoms with Crippen LogP contribution < -0.4 is 0 Å². The maximum Gasteiger partial charge on any atom is 0.309 e. The fraction of sp³-hybridized carbons (Fsp3) is 0.769. The zero-order chi connectivity index (χ0) is 14.0. The average molecular weight is 268 g/mol. The van der Waals surface area contributed by atoms with E-state index < -0.39 is 11.4 Å². The van der Waals surface area contributed by atoms with E-state index in [4.69, 9.17) is 5.11 Å². The second-order valence-corrected chi connectivity index (χ2v) is 5.65. The summed E-state index contributed by atoms with van der Waals surface area (Å²) >= 11 is 0. The Hall–Kier alpha value is -1.43. The first-order valence-corrected chi connectivity index (χ1v) is 6.71. The molecule has 2 heterocycles. The number of carbonyl (C=O) groups excluding carboxylic acids is 2. The van der Waals surface area contributed by atoms with Crippen molar-refractivity contribution in [1.82, 2.24) is 9.80 Å². The van der Waals surface area contributed by atoms with E-state index >= 15 is 0 Å². The fourth-order valence-corrected chi connectivity index (χ4v) is 2.60. The molecule has 0 radical (unpaired) electrons. The first-order chi connectivity index (χ1) is 8.92. The average Bonchev–Trinajstić information content (AvgIpc) is 2.69. The van der Waals surface area contributed by atoms with Crippen LogP contribution in [0, 0.1) is 5.41 Å². The number of carbonyl (C=O) groups is 3. The summed E-state index contributed by atoms with van der Waals surface area (Å²) in [5.74, 6) is -0.910. The van der Waals surface area contributed by atoms with Gasteiger partial charge in [0.1, 0.15) is 0 Å². The molecule has 0 aromatic rings. The Morgan fingerprint density at radius 1 is 1.16 bits per heavy atom. The number of carboxylic acid groups (broad SMARTS) is 1. The second kappa shape index (κ2) is 5.28. The van der Waals surface area contributed by atoms with Gasteiger partial charge in [0.25, 0.3) is 0 Å². The van der Waals surface area contributed by atoms with Crippen LogP contribution in [0.2, 0.25) is 0 Å². The molecule has 0 saturated carbocycles. The summed E-state index contributed by atoms with van der Waals surface area (Å²) in [5, 5.41) is 9.14. The largest absolute Gasteiger partial charge is 0.481 e. The third-order valence-electron chi connectivity index (χ3n) is 4.27. The number of imide groups is 1. The molecule has 2 fully saturated rings. The van der Waals surface area contributed by atoms with Crippen LogP contribution in [0.4, 0.5) is 0 Å². The molecular formula is C13H20N2O4. The van der Waals surface area contributed by atoms with E-state index in [-0.39, 0.29) is 11.8 Å². The van der Waals surface area contributed by atoms with Crippen LogP contribution in [-0.2, 0) is 14.4 Å². The van der Waals surface area contributed by atoms with Crippen molar-refractivity contribution in [2.45, 2.75) is 32.6 Å². The smallest absolute Gasteiger partial charge is 0.309 e. The minimum Gasteiger partial charge on any atom is -0.481 e. The van der Waals surface area contributed by atoms with Crippen LogP contribution in [0.5, 0.6) is 0 Å². The molecule has 19 heavy (non-hydrogen) atoms. The maximum absolute atomic E-state index is 11.5. The quantitative estimate of drug-likeness (QED) is 0.743. The summed E-state index contributed by atoms with van der Waals surface area (Å²) in [7, 11) is 0. The van der Waals surface area contributed by atoms with Crippen molar-refractivity contribution in [1.29, 1.82) is 0 Å². The predicted molar refractivity (Wildman–Crippen MR) is 67.4 cm³/mol. The summed E-state index contributed by atoms with van der Waals surface area (Å²) in [5.41, 5.74) is -0.629. The molecule has 2 aliphatic heterocycles. The number of hydrogen-bond donors (Lipinski definition) is 1. The number of nitrogens with zero attached hydrogens (tertiary/aromatic N) is 2. The summed E-state index contributed by atoms with van der Waals surface area (Å²) in [6, 6.07) is 0. The van der Waals surface area contributed by atoms with Crippen molar-refractivity contribution < 1.29 is 19.5 Å². The third kappa shape index (κ3) is 2.94. The standard InChI is InChI=1S/C13H20N2O4/c1-13(12(18)19)4-6-14(7-5-13)8-9-15-10(16)2-3-11(15)17/h2-9H2,1H3,(H,18,19). The van der Waals surface area contributed by atoms with E-state index in [0.29, 0.717) is 51.9 Å². The van der Waals surface area contributed by atoms with E-state index in [1.54, 1.807) is 6.92 Å². The number of aliphatic carboxylic acids is 1. The Morgan fingerprint density at radius 3 is 2.16 bits per heavy atom. The molecule has 0 spiro atoms. The van der Waals surface area contributed by atoms with Gasteiger partial charge in [-0.2, -0.15) is 0 Å². The van der Waals surface area contributed by atoms with Gasteiger partial charge in [0.2, 0.25) is 11.8 Å². The van der Waals surface area contributed by atoms with Gasteiger partial charge in [0.15, 0.2) is 0 Å². The van der Waals surface area contributed by atoms with E-state index in [1.807, 2.05) is 0 Å². The van der Waals surface area contributed by atoms with E-state index in [2.05, 4.69) is 4.90 Å². The van der Waals surface area contributed by atoms with Crippen LogP contribution in [-0.4, -0.2) is 58.9 Å². The van der Waals surface area contributed by atoms with E-state index in [9.17, 15) is 14.4 Å². The van der Waals surface area contributed by atoms with Crippen molar-refractivity contribution >= 4 is 17.8 Å². The molecule has 2 amide bonds. The van der Waals surface area contributed by atoms with Gasteiger partial charge < -0.3 is 10.0 Å². The number of rotatable bonds is 4. The van der Waals surface area contributed by atoms with Crippen molar-refractivity contribution in [2.75, 3.05) is 26.2 Å². The van der Waals surface area contributed by atoms with E-state index in [1.165, 1.54) is 4.90 Å². The highest BCUT2D eigenvalue weighted by Gasteiger charge is 2.37. The molecule has 0 atom stereocenters. The van der Waals surface area contributed by atoms with Gasteiger partial charge in [0, 0.05) is 25.9 Å². The Kier molecular flexibility index (Phi) is 3.89. The minimum absolute atomic E-state index is 0.0858. The molecule has 2 rings (SSSR count). The lowest BCUT2D eigenvalue weighted by molar-refractivity contribution is -0.150. The molecule has 0 bridgehead atoms. The van der Waals surface area contributed by atoms with Gasteiger partial charge in [-0.3, -0.25) is 19.3 Å². The van der Waals surface area contributed by atoms with Crippen molar-refractivity contribution in [3.63, 3.8) is 0 Å². The van der Waals surface area contributed by atoms with Crippen molar-refractivity contribution in [3.05, 3.63) is 0 Å². The number of hydrogen-bond acceptors (Lipinski definition) is 4. The predicted octanol–water partition coefficient (Wildman–Crippen LogP) is 0.322. The molecule has 0 aromatic heterocycles. The Balaban J connectivity index is 1.79. The fourth-order valence-electron chi connectivity index (χ4n) is 2.60. The lowest BCUT2D eigenvalue weighted by Crippen LogP contribution is -2.45. The van der Waals surface area contributed by atoms with Gasteiger partial charge in [0.05, 0.1) is 5.41 Å². The highest BCUT2D eigenvalue weighted by atomic mass is 16.4. The Morgan fingerprint density at radius 2 is 1.68 bits per heavy atom. The SMILES string of the molecule is CC1(C(=O)O)CCN(CCN2C(=O)CCC2=O)CC1. The number of likely N-dealkylation sites (tertiary alicyclic amines) is 2. The first kappa shape index (κ1) is 14.0. The summed E-state index contributed by atoms with van der Waals surface area (Å²) in [4.78, 5) is 37.5. The van der Waals surface area contributed by atoms with Gasteiger partial charge in [-0.15, -0.1) is 0 Å².